The fraction of sp³-hybridized carbons (Fsp3) is 0.545. The van der Waals surface area contributed by atoms with Gasteiger partial charge in [0.1, 0.15) is 23.2 Å². The summed E-state index contributed by atoms with van der Waals surface area (Å²) in [5.41, 5.74) is 5.66. The van der Waals surface area contributed by atoms with Crippen LogP contribution in [0.4, 0.5) is 11.6 Å². The van der Waals surface area contributed by atoms with Crippen molar-refractivity contribution < 1.29 is 9.53 Å². The second kappa shape index (κ2) is 5.39. The number of hydrogen-bond donors (Lipinski definition) is 1. The van der Waals surface area contributed by atoms with Gasteiger partial charge in [0.15, 0.2) is 5.82 Å². The molecule has 1 aliphatic rings. The summed E-state index contributed by atoms with van der Waals surface area (Å²) in [4.78, 5) is 21.5. The third-order valence-corrected chi connectivity index (χ3v) is 3.41. The number of nitrogens with two attached hydrogens (primary N) is 1. The predicted octanol–water partition coefficient (Wildman–Crippen LogP) is 1.24. The number of esters is 1. The van der Waals surface area contributed by atoms with E-state index in [1.807, 2.05) is 4.90 Å². The summed E-state index contributed by atoms with van der Waals surface area (Å²) in [6.45, 7) is 0.704. The first-order valence-corrected chi connectivity index (χ1v) is 6.13. The van der Waals surface area contributed by atoms with Gasteiger partial charge in [-0.3, -0.25) is 0 Å². The Morgan fingerprint density at radius 1 is 1.56 bits per heavy atom. The molecule has 18 heavy (non-hydrogen) atoms. The van der Waals surface area contributed by atoms with Crippen molar-refractivity contribution in [1.82, 2.24) is 9.97 Å². The smallest absolute Gasteiger partial charge is 0.328 e. The second-order valence-corrected chi connectivity index (χ2v) is 4.50. The van der Waals surface area contributed by atoms with Crippen LogP contribution < -0.4 is 10.6 Å². The number of halogens is 1. The SMILES string of the molecule is COC(=O)C1CCCCN1c1ncnc(N)c1Cl. The van der Waals surface area contributed by atoms with Crippen LogP contribution in [0.2, 0.25) is 5.02 Å². The molecule has 0 amide bonds. The van der Waals surface area contributed by atoms with Gasteiger partial charge >= 0.3 is 5.97 Å². The molecule has 1 aliphatic heterocycles. The molecule has 1 unspecified atom stereocenters. The van der Waals surface area contributed by atoms with Crippen molar-refractivity contribution in [2.45, 2.75) is 25.3 Å². The molecular formula is C11H15ClN4O2. The van der Waals surface area contributed by atoms with Crippen molar-refractivity contribution in [2.24, 2.45) is 0 Å². The van der Waals surface area contributed by atoms with E-state index in [4.69, 9.17) is 22.1 Å². The molecule has 0 spiro atoms. The fourth-order valence-electron chi connectivity index (χ4n) is 2.14. The Morgan fingerprint density at radius 3 is 3.06 bits per heavy atom. The zero-order valence-electron chi connectivity index (χ0n) is 10.1. The molecule has 2 heterocycles. The van der Waals surface area contributed by atoms with Crippen LogP contribution in [0, 0.1) is 0 Å². The average Bonchev–Trinajstić information content (AvgIpc) is 2.41. The standard InChI is InChI=1S/C11H15ClN4O2/c1-18-11(17)7-4-2-3-5-16(7)10-8(12)9(13)14-6-15-10/h6-7H,2-5H2,1H3,(H2,13,14,15). The van der Waals surface area contributed by atoms with Crippen molar-refractivity contribution in [1.29, 1.82) is 0 Å². The summed E-state index contributed by atoms with van der Waals surface area (Å²) >= 11 is 6.10. The van der Waals surface area contributed by atoms with Crippen LogP contribution in [0.15, 0.2) is 6.33 Å². The van der Waals surface area contributed by atoms with E-state index in [2.05, 4.69) is 9.97 Å². The number of nitrogen functional groups attached to an aromatic ring is 1. The number of methoxy groups -OCH3 is 1. The maximum Gasteiger partial charge on any atom is 0.328 e. The van der Waals surface area contributed by atoms with E-state index < -0.39 is 0 Å². The molecule has 0 radical (unpaired) electrons. The Kier molecular flexibility index (Phi) is 3.86. The normalized spacial score (nSPS) is 19.7. The van der Waals surface area contributed by atoms with Crippen molar-refractivity contribution in [3.63, 3.8) is 0 Å². The molecular weight excluding hydrogens is 256 g/mol. The highest BCUT2D eigenvalue weighted by Gasteiger charge is 2.32. The Labute approximate surface area is 110 Å². The van der Waals surface area contributed by atoms with Crippen molar-refractivity contribution in [3.8, 4) is 0 Å². The number of hydrogen-bond acceptors (Lipinski definition) is 6. The lowest BCUT2D eigenvalue weighted by molar-refractivity contribution is -0.142. The zero-order valence-corrected chi connectivity index (χ0v) is 10.9. The number of ether oxygens (including phenoxy) is 1. The van der Waals surface area contributed by atoms with E-state index in [1.54, 1.807) is 0 Å². The summed E-state index contributed by atoms with van der Waals surface area (Å²) in [5.74, 6) is 0.443. The first-order chi connectivity index (χ1) is 8.65. The van der Waals surface area contributed by atoms with Crippen LogP contribution in [-0.4, -0.2) is 35.6 Å². The molecule has 6 nitrogen and oxygen atoms in total. The highest BCUT2D eigenvalue weighted by molar-refractivity contribution is 6.35. The van der Waals surface area contributed by atoms with Crippen LogP contribution in [0.5, 0.6) is 0 Å². The van der Waals surface area contributed by atoms with Crippen molar-refractivity contribution in [3.05, 3.63) is 11.3 Å². The summed E-state index contributed by atoms with van der Waals surface area (Å²) in [6, 6.07) is -0.351. The van der Waals surface area contributed by atoms with Gasteiger partial charge in [-0.25, -0.2) is 14.8 Å². The topological polar surface area (TPSA) is 81.3 Å². The van der Waals surface area contributed by atoms with Crippen LogP contribution in [0.3, 0.4) is 0 Å². The number of anilines is 2. The van der Waals surface area contributed by atoms with Crippen molar-refractivity contribution in [2.75, 3.05) is 24.3 Å². The first-order valence-electron chi connectivity index (χ1n) is 5.75. The molecule has 2 rings (SSSR count). The highest BCUT2D eigenvalue weighted by Crippen LogP contribution is 2.31. The van der Waals surface area contributed by atoms with Gasteiger partial charge in [-0.2, -0.15) is 0 Å². The fourth-order valence-corrected chi connectivity index (χ4v) is 2.35. The third kappa shape index (κ3) is 2.33. The molecule has 2 N–H and O–H groups in total. The molecule has 1 fully saturated rings. The number of aromatic nitrogens is 2. The molecule has 0 saturated carbocycles. The van der Waals surface area contributed by atoms with Gasteiger partial charge in [-0.1, -0.05) is 11.6 Å². The van der Waals surface area contributed by atoms with E-state index in [-0.39, 0.29) is 22.9 Å². The molecule has 0 aliphatic carbocycles. The minimum Gasteiger partial charge on any atom is -0.467 e. The van der Waals surface area contributed by atoms with E-state index in [9.17, 15) is 4.79 Å². The molecule has 0 bridgehead atoms. The molecule has 1 aromatic rings. The second-order valence-electron chi connectivity index (χ2n) is 4.12. The number of carbonyl (C=O) groups is 1. The maximum atomic E-state index is 11.8. The van der Waals surface area contributed by atoms with Crippen LogP contribution in [-0.2, 0) is 9.53 Å². The number of carbonyl (C=O) groups excluding carboxylic acids is 1. The van der Waals surface area contributed by atoms with E-state index in [0.29, 0.717) is 12.4 Å². The van der Waals surface area contributed by atoms with Gasteiger partial charge in [-0.05, 0) is 19.3 Å². The molecule has 0 aromatic carbocycles. The van der Waals surface area contributed by atoms with E-state index >= 15 is 0 Å². The first kappa shape index (κ1) is 12.9. The quantitative estimate of drug-likeness (QED) is 0.815. The van der Waals surface area contributed by atoms with Crippen LogP contribution in [0.25, 0.3) is 0 Å². The summed E-state index contributed by atoms with van der Waals surface area (Å²) in [7, 11) is 1.38. The average molecular weight is 271 g/mol. The number of piperidine rings is 1. The summed E-state index contributed by atoms with van der Waals surface area (Å²) in [6.07, 6.45) is 4.04. The molecule has 98 valence electrons. The Bertz CT molecular complexity index is 455. The minimum absolute atomic E-state index is 0.218. The van der Waals surface area contributed by atoms with Gasteiger partial charge in [0.2, 0.25) is 0 Å². The maximum absolute atomic E-state index is 11.8. The number of rotatable bonds is 2. The van der Waals surface area contributed by atoms with E-state index in [1.165, 1.54) is 13.4 Å². The predicted molar refractivity (Wildman–Crippen MR) is 68.5 cm³/mol. The lowest BCUT2D eigenvalue weighted by atomic mass is 10.0. The number of nitrogens with zero attached hydrogens (tertiary/aromatic N) is 3. The van der Waals surface area contributed by atoms with Gasteiger partial charge in [-0.15, -0.1) is 0 Å². The molecule has 1 aromatic heterocycles. The molecule has 1 saturated heterocycles. The monoisotopic (exact) mass is 270 g/mol. The lowest BCUT2D eigenvalue weighted by Crippen LogP contribution is -2.46. The van der Waals surface area contributed by atoms with Gasteiger partial charge < -0.3 is 15.4 Å². The van der Waals surface area contributed by atoms with Gasteiger partial charge in [0, 0.05) is 6.54 Å². The Balaban J connectivity index is 2.34. The van der Waals surface area contributed by atoms with Crippen LogP contribution >= 0.6 is 11.6 Å². The van der Waals surface area contributed by atoms with Crippen LogP contribution in [0.1, 0.15) is 19.3 Å². The molecule has 1 atom stereocenters. The van der Waals surface area contributed by atoms with Crippen molar-refractivity contribution >= 4 is 29.2 Å². The molecule has 7 heteroatoms. The third-order valence-electron chi connectivity index (χ3n) is 3.05. The minimum atomic E-state index is -0.351. The Hall–Kier alpha value is -1.56. The highest BCUT2D eigenvalue weighted by atomic mass is 35.5. The summed E-state index contributed by atoms with van der Waals surface area (Å²) in [5, 5.41) is 0.285. The Morgan fingerprint density at radius 2 is 2.33 bits per heavy atom. The largest absolute Gasteiger partial charge is 0.467 e. The summed E-state index contributed by atoms with van der Waals surface area (Å²) < 4.78 is 4.81. The van der Waals surface area contributed by atoms with Gasteiger partial charge in [0.05, 0.1) is 7.11 Å². The van der Waals surface area contributed by atoms with Gasteiger partial charge in [0.25, 0.3) is 0 Å². The lowest BCUT2D eigenvalue weighted by Gasteiger charge is -2.35. The zero-order chi connectivity index (χ0) is 13.1. The van der Waals surface area contributed by atoms with E-state index in [0.717, 1.165) is 19.3 Å².